The van der Waals surface area contributed by atoms with Crippen LogP contribution in [0.15, 0.2) is 0 Å². The summed E-state index contributed by atoms with van der Waals surface area (Å²) in [6.07, 6.45) is 4.87. The van der Waals surface area contributed by atoms with E-state index in [9.17, 15) is 9.90 Å². The Labute approximate surface area is 90.8 Å². The molecule has 0 aromatic heterocycles. The quantitative estimate of drug-likeness (QED) is 0.780. The molecule has 0 amide bonds. The summed E-state index contributed by atoms with van der Waals surface area (Å²) in [6.45, 7) is 4.99. The lowest BCUT2D eigenvalue weighted by atomic mass is 9.57. The highest BCUT2D eigenvalue weighted by molar-refractivity contribution is 5.75. The van der Waals surface area contributed by atoms with Crippen LogP contribution in [-0.4, -0.2) is 24.3 Å². The van der Waals surface area contributed by atoms with Crippen molar-refractivity contribution in [1.82, 2.24) is 0 Å². The van der Waals surface area contributed by atoms with E-state index in [1.165, 1.54) is 25.7 Å². The Hall–Kier alpha value is -0.570. The Kier molecular flexibility index (Phi) is 2.53. The molecule has 2 aliphatic rings. The molecule has 0 radical (unpaired) electrons. The zero-order chi connectivity index (χ0) is 11.1. The number of carbonyl (C=O) groups is 1. The van der Waals surface area contributed by atoms with Gasteiger partial charge >= 0.3 is 5.97 Å². The molecule has 0 aromatic rings. The molecule has 1 saturated carbocycles. The third-order valence-corrected chi connectivity index (χ3v) is 4.64. The molecule has 1 heterocycles. The molecule has 1 aliphatic carbocycles. The molecule has 3 heteroatoms. The second kappa shape index (κ2) is 3.48. The minimum atomic E-state index is -0.683. The van der Waals surface area contributed by atoms with Gasteiger partial charge in [0.2, 0.25) is 0 Å². The molecule has 2 fully saturated rings. The van der Waals surface area contributed by atoms with Gasteiger partial charge in [-0.2, -0.15) is 0 Å². The van der Waals surface area contributed by atoms with Crippen LogP contribution in [-0.2, 0) is 9.53 Å². The number of ether oxygens (including phenoxy) is 1. The normalized spacial score (nSPS) is 26.3. The number of hydrogen-bond donors (Lipinski definition) is 1. The molecular formula is C12H20O3. The summed E-state index contributed by atoms with van der Waals surface area (Å²) in [4.78, 5) is 11.4. The maximum Gasteiger partial charge on any atom is 0.309 e. The average molecular weight is 212 g/mol. The van der Waals surface area contributed by atoms with Gasteiger partial charge in [-0.25, -0.2) is 0 Å². The van der Waals surface area contributed by atoms with Gasteiger partial charge < -0.3 is 9.84 Å². The van der Waals surface area contributed by atoms with E-state index in [1.54, 1.807) is 0 Å². The fourth-order valence-electron chi connectivity index (χ4n) is 3.12. The van der Waals surface area contributed by atoms with Gasteiger partial charge in [0.1, 0.15) is 0 Å². The maximum absolute atomic E-state index is 11.4. The van der Waals surface area contributed by atoms with E-state index in [-0.39, 0.29) is 5.41 Å². The molecule has 1 saturated heterocycles. The highest BCUT2D eigenvalue weighted by Gasteiger charge is 2.59. The zero-order valence-corrected chi connectivity index (χ0v) is 9.58. The van der Waals surface area contributed by atoms with Crippen molar-refractivity contribution >= 4 is 5.97 Å². The summed E-state index contributed by atoms with van der Waals surface area (Å²) in [7, 11) is 0. The van der Waals surface area contributed by atoms with Crippen LogP contribution in [0.25, 0.3) is 0 Å². The summed E-state index contributed by atoms with van der Waals surface area (Å²) in [6, 6.07) is 0. The van der Waals surface area contributed by atoms with Crippen LogP contribution in [0.4, 0.5) is 0 Å². The molecule has 0 unspecified atom stereocenters. The molecule has 0 spiro atoms. The van der Waals surface area contributed by atoms with Crippen LogP contribution < -0.4 is 0 Å². The van der Waals surface area contributed by atoms with Crippen molar-refractivity contribution in [3.05, 3.63) is 0 Å². The lowest BCUT2D eigenvalue weighted by molar-refractivity contribution is -0.216. The van der Waals surface area contributed by atoms with Crippen molar-refractivity contribution in [2.75, 3.05) is 13.2 Å². The lowest BCUT2D eigenvalue weighted by Crippen LogP contribution is -2.59. The van der Waals surface area contributed by atoms with E-state index >= 15 is 0 Å². The molecule has 3 nitrogen and oxygen atoms in total. The molecule has 1 aliphatic heterocycles. The Bertz CT molecular complexity index is 260. The third-order valence-electron chi connectivity index (χ3n) is 4.64. The fourth-order valence-corrected chi connectivity index (χ4v) is 3.12. The van der Waals surface area contributed by atoms with E-state index < -0.39 is 11.4 Å². The van der Waals surface area contributed by atoms with Gasteiger partial charge in [0.05, 0.1) is 18.6 Å². The van der Waals surface area contributed by atoms with Crippen molar-refractivity contribution < 1.29 is 14.6 Å². The Morgan fingerprint density at radius 3 is 2.20 bits per heavy atom. The monoisotopic (exact) mass is 212 g/mol. The number of carboxylic acid groups (broad SMARTS) is 1. The Balaban J connectivity index is 2.24. The molecule has 0 atom stereocenters. The summed E-state index contributed by atoms with van der Waals surface area (Å²) >= 11 is 0. The van der Waals surface area contributed by atoms with Gasteiger partial charge in [-0.1, -0.05) is 12.8 Å². The molecule has 0 bridgehead atoms. The average Bonchev–Trinajstić information content (AvgIpc) is 2.54. The van der Waals surface area contributed by atoms with Crippen molar-refractivity contribution in [3.63, 3.8) is 0 Å². The van der Waals surface area contributed by atoms with Crippen LogP contribution in [0.3, 0.4) is 0 Å². The standard InChI is InChI=1S/C12H20O3/c1-11(2,10(13)14)12(7-15-8-12)9-5-3-4-6-9/h9H,3-8H2,1-2H3,(H,13,14). The number of rotatable bonds is 3. The number of carboxylic acids is 1. The molecule has 2 rings (SSSR count). The molecule has 0 aromatic carbocycles. The van der Waals surface area contributed by atoms with Crippen molar-refractivity contribution in [2.45, 2.75) is 39.5 Å². The number of aliphatic carboxylic acids is 1. The number of hydrogen-bond acceptors (Lipinski definition) is 2. The molecule has 86 valence electrons. The largest absolute Gasteiger partial charge is 0.481 e. The third kappa shape index (κ3) is 1.40. The van der Waals surface area contributed by atoms with Gasteiger partial charge in [-0.3, -0.25) is 4.79 Å². The summed E-state index contributed by atoms with van der Waals surface area (Å²) < 4.78 is 5.32. The molecule has 15 heavy (non-hydrogen) atoms. The first-order chi connectivity index (χ1) is 7.01. The highest BCUT2D eigenvalue weighted by atomic mass is 16.5. The van der Waals surface area contributed by atoms with Gasteiger partial charge in [-0.15, -0.1) is 0 Å². The van der Waals surface area contributed by atoms with E-state index in [4.69, 9.17) is 4.74 Å². The first kappa shape index (κ1) is 10.9. The van der Waals surface area contributed by atoms with E-state index in [0.717, 1.165) is 0 Å². The first-order valence-electron chi connectivity index (χ1n) is 5.82. The molecular weight excluding hydrogens is 192 g/mol. The second-order valence-corrected chi connectivity index (χ2v) is 5.56. The second-order valence-electron chi connectivity index (χ2n) is 5.56. The summed E-state index contributed by atoms with van der Waals surface area (Å²) in [5, 5.41) is 9.35. The van der Waals surface area contributed by atoms with Crippen LogP contribution in [0.1, 0.15) is 39.5 Å². The minimum absolute atomic E-state index is 0.102. The Morgan fingerprint density at radius 1 is 1.33 bits per heavy atom. The maximum atomic E-state index is 11.4. The Morgan fingerprint density at radius 2 is 1.87 bits per heavy atom. The van der Waals surface area contributed by atoms with Crippen molar-refractivity contribution in [1.29, 1.82) is 0 Å². The van der Waals surface area contributed by atoms with E-state index in [1.807, 2.05) is 13.8 Å². The predicted octanol–water partition coefficient (Wildman–Crippen LogP) is 2.30. The lowest BCUT2D eigenvalue weighted by Gasteiger charge is -2.54. The van der Waals surface area contributed by atoms with Crippen LogP contribution >= 0.6 is 0 Å². The van der Waals surface area contributed by atoms with E-state index in [0.29, 0.717) is 19.1 Å². The first-order valence-corrected chi connectivity index (χ1v) is 5.82. The van der Waals surface area contributed by atoms with Crippen molar-refractivity contribution in [3.8, 4) is 0 Å². The topological polar surface area (TPSA) is 46.5 Å². The minimum Gasteiger partial charge on any atom is -0.481 e. The van der Waals surface area contributed by atoms with Gasteiger partial charge in [-0.05, 0) is 32.6 Å². The van der Waals surface area contributed by atoms with Crippen LogP contribution in [0, 0.1) is 16.7 Å². The van der Waals surface area contributed by atoms with Gasteiger partial charge in [0.15, 0.2) is 0 Å². The SMILES string of the molecule is CC(C)(C(=O)O)C1(C2CCCC2)COC1. The van der Waals surface area contributed by atoms with Crippen LogP contribution in [0.5, 0.6) is 0 Å². The molecule has 1 N–H and O–H groups in total. The van der Waals surface area contributed by atoms with Gasteiger partial charge in [0, 0.05) is 5.41 Å². The van der Waals surface area contributed by atoms with Crippen LogP contribution in [0.2, 0.25) is 0 Å². The highest BCUT2D eigenvalue weighted by Crippen LogP contribution is 2.55. The fraction of sp³-hybridized carbons (Fsp3) is 0.917. The predicted molar refractivity (Wildman–Crippen MR) is 56.6 cm³/mol. The van der Waals surface area contributed by atoms with Crippen molar-refractivity contribution in [2.24, 2.45) is 16.7 Å². The summed E-state index contributed by atoms with van der Waals surface area (Å²) in [5.41, 5.74) is -0.754. The van der Waals surface area contributed by atoms with E-state index in [2.05, 4.69) is 0 Å². The smallest absolute Gasteiger partial charge is 0.309 e. The van der Waals surface area contributed by atoms with Gasteiger partial charge in [0.25, 0.3) is 0 Å². The summed E-state index contributed by atoms with van der Waals surface area (Å²) in [5.74, 6) is -0.130. The zero-order valence-electron chi connectivity index (χ0n) is 9.58.